The lowest BCUT2D eigenvalue weighted by Crippen LogP contribution is -2.43. The summed E-state index contributed by atoms with van der Waals surface area (Å²) in [6.45, 7) is 24.0. The second-order valence-electron chi connectivity index (χ2n) is 39.8. The summed E-state index contributed by atoms with van der Waals surface area (Å²) in [5.74, 6) is -11.5. The molecule has 0 bridgehead atoms. The Morgan fingerprint density at radius 1 is 0.496 bits per heavy atom. The van der Waals surface area contributed by atoms with Gasteiger partial charge in [-0.25, -0.2) is 41.2 Å². The molecule has 0 amide bonds. The number of imidazole rings is 3. The summed E-state index contributed by atoms with van der Waals surface area (Å²) in [7, 11) is -9.30. The number of hydrogen-bond donors (Lipinski definition) is 2. The second kappa shape index (κ2) is 43.1. The zero-order valence-electron chi connectivity index (χ0n) is 80.7. The van der Waals surface area contributed by atoms with Crippen LogP contribution in [0, 0.1) is 17.5 Å². The van der Waals surface area contributed by atoms with Gasteiger partial charge in [0.05, 0.1) is 72.3 Å². The molecule has 6 aromatic heterocycles. The number of nitrogens with one attached hydrogen (secondary N) is 1. The van der Waals surface area contributed by atoms with Crippen LogP contribution in [0.5, 0.6) is 18.0 Å². The number of rotatable bonds is 28. The molecular weight excluding hydrogens is 1950 g/mol. The Hall–Kier alpha value is -7.98. The highest BCUT2D eigenvalue weighted by Crippen LogP contribution is 2.44. The van der Waals surface area contributed by atoms with E-state index >= 15 is 4.39 Å². The van der Waals surface area contributed by atoms with Gasteiger partial charge >= 0.3 is 36.9 Å². The fraction of sp³-hybridized carbons (Fsp3) is 0.558. The van der Waals surface area contributed by atoms with Crippen LogP contribution in [0.2, 0.25) is 51.4 Å². The zero-order chi connectivity index (χ0) is 99.5. The van der Waals surface area contributed by atoms with Crippen LogP contribution < -0.4 is 19.7 Å². The Balaban J connectivity index is 0.000000158. The first kappa shape index (κ1) is 106. The van der Waals surface area contributed by atoms with Gasteiger partial charge in [0, 0.05) is 125 Å². The number of aliphatic hydroxyl groups excluding tert-OH is 1. The predicted octanol–water partition coefficient (Wildman–Crippen LogP) is 20.1. The largest absolute Gasteiger partial charge is 0.494 e. The van der Waals surface area contributed by atoms with E-state index in [0.29, 0.717) is 35.4 Å². The Kier molecular flexibility index (Phi) is 33.4. The molecule has 0 radical (unpaired) electrons. The minimum Gasteiger partial charge on any atom is -0.452 e. The lowest BCUT2D eigenvalue weighted by Gasteiger charge is -2.32. The van der Waals surface area contributed by atoms with Gasteiger partial charge in [-0.15, -0.1) is 0 Å². The summed E-state index contributed by atoms with van der Waals surface area (Å²) in [6.07, 6.45) is 15.6. The SMILES string of the molecule is CC1(C)OB(c2ccc(C3=CCC(N=S(C)(C)=O)CC3)cc2)OC1(C)C.CC[C@H]1OC[C@@H](Oc2nc3nc(-c4ccc(C5=CCC(N=S(C)(C)=O)CC5)cc4)c(F)cc3n2COCC[Si](C)(C)C)C1(F)F.CC[C@H]1OC[C@@H](Oc2nc3nc(Br)c(F)cc3n2COCC[Si](C)(C)C)C1(F)F.CS(C)(=O)=NC1CC=C(c2ccc(-c3nc4nc(O[C@@H]5CO[C@H](CO)C5(F)F)[nH]c4cc3F)cc2)CC1. The van der Waals surface area contributed by atoms with Gasteiger partial charge in [0.15, 0.2) is 52.7 Å². The summed E-state index contributed by atoms with van der Waals surface area (Å²) >= 11 is 3.02. The lowest BCUT2D eigenvalue weighted by molar-refractivity contribution is -0.118. The Morgan fingerprint density at radius 3 is 1.22 bits per heavy atom. The molecule has 3 aliphatic carbocycles. The van der Waals surface area contributed by atoms with Crippen molar-refractivity contribution in [2.45, 2.75) is 261 Å². The molecule has 9 atom stereocenters. The van der Waals surface area contributed by atoms with Crippen molar-refractivity contribution >= 4 is 124 Å². The molecule has 4 aliphatic heterocycles. The molecule has 9 aromatic rings. The van der Waals surface area contributed by atoms with Crippen LogP contribution in [0.1, 0.15) is 129 Å². The summed E-state index contributed by atoms with van der Waals surface area (Å²) < 4.78 is 240. The van der Waals surface area contributed by atoms with E-state index in [1.807, 2.05) is 36.4 Å². The van der Waals surface area contributed by atoms with Crippen molar-refractivity contribution in [1.82, 2.24) is 44.0 Å². The first-order chi connectivity index (χ1) is 64.2. The first-order valence-corrected chi connectivity index (χ1v) is 61.2. The summed E-state index contributed by atoms with van der Waals surface area (Å²) in [6, 6.07) is 28.7. The molecular formula is C95H125BBrF9N12O14S3Si2. The van der Waals surface area contributed by atoms with Crippen LogP contribution >= 0.6 is 15.9 Å². The second-order valence-corrected chi connectivity index (χ2v) is 59.6. The number of fused-ring (bicyclic) bond motifs is 3. The van der Waals surface area contributed by atoms with Crippen LogP contribution in [-0.2, 0) is 75.6 Å². The third kappa shape index (κ3) is 26.9. The Morgan fingerprint density at radius 2 is 0.854 bits per heavy atom. The van der Waals surface area contributed by atoms with Crippen molar-refractivity contribution in [2.75, 3.05) is 77.2 Å². The highest BCUT2D eigenvalue weighted by Gasteiger charge is 2.58. The third-order valence-corrected chi connectivity index (χ3v) is 31.3. The number of aromatic amines is 1. The zero-order valence-corrected chi connectivity index (χ0v) is 86.7. The van der Waals surface area contributed by atoms with E-state index in [-0.39, 0.29) is 132 Å². The number of H-pyrrole nitrogens is 1. The van der Waals surface area contributed by atoms with Crippen molar-refractivity contribution in [2.24, 2.45) is 13.1 Å². The molecule has 7 aliphatic rings. The number of halogens is 10. The van der Waals surface area contributed by atoms with E-state index in [4.69, 9.17) is 52.3 Å². The van der Waals surface area contributed by atoms with Crippen LogP contribution in [0.3, 0.4) is 0 Å². The van der Waals surface area contributed by atoms with E-state index < -0.39 is 130 Å². The quantitative estimate of drug-likeness (QED) is 0.0199. The minimum atomic E-state index is -3.41. The Bertz CT molecular complexity index is 6280. The molecule has 4 fully saturated rings. The number of ether oxygens (including phenoxy) is 8. The van der Waals surface area contributed by atoms with Crippen molar-refractivity contribution in [3.05, 3.63) is 148 Å². The van der Waals surface area contributed by atoms with Gasteiger partial charge in [0.25, 0.3) is 6.01 Å². The number of aromatic nitrogens is 9. The molecule has 3 unspecified atom stereocenters. The molecule has 3 aromatic carbocycles. The van der Waals surface area contributed by atoms with Gasteiger partial charge in [0.2, 0.25) is 0 Å². The van der Waals surface area contributed by atoms with E-state index in [0.717, 1.165) is 92.0 Å². The molecule has 0 spiro atoms. The van der Waals surface area contributed by atoms with Crippen molar-refractivity contribution < 1.29 is 104 Å². The van der Waals surface area contributed by atoms with Gasteiger partial charge in [-0.2, -0.15) is 41.3 Å². The van der Waals surface area contributed by atoms with Crippen molar-refractivity contribution in [1.29, 1.82) is 0 Å². The van der Waals surface area contributed by atoms with E-state index in [9.17, 15) is 47.8 Å². The van der Waals surface area contributed by atoms with E-state index in [1.165, 1.54) is 44.0 Å². The molecule has 42 heteroatoms. The van der Waals surface area contributed by atoms with Crippen LogP contribution in [0.4, 0.5) is 39.5 Å². The molecule has 10 heterocycles. The van der Waals surface area contributed by atoms with E-state index in [2.05, 4.69) is 173 Å². The summed E-state index contributed by atoms with van der Waals surface area (Å²) in [5.41, 5.74) is 9.87. The molecule has 16 rings (SSSR count). The minimum absolute atomic E-state index is 0.00454. The maximum Gasteiger partial charge on any atom is 0.494 e. The van der Waals surface area contributed by atoms with Crippen molar-refractivity contribution in [3.8, 4) is 40.5 Å². The summed E-state index contributed by atoms with van der Waals surface area (Å²) in [4.78, 5) is 28.2. The number of nitrogens with zero attached hydrogens (tertiary/aromatic N) is 11. The average molecular weight is 2070 g/mol. The molecule has 748 valence electrons. The molecule has 2 N–H and O–H groups in total. The van der Waals surface area contributed by atoms with E-state index in [1.54, 1.807) is 63.5 Å². The van der Waals surface area contributed by atoms with Crippen LogP contribution in [0.25, 0.3) is 72.7 Å². The highest BCUT2D eigenvalue weighted by molar-refractivity contribution is 9.10. The molecule has 4 saturated heterocycles. The third-order valence-electron chi connectivity index (χ3n) is 24.9. The van der Waals surface area contributed by atoms with Crippen LogP contribution in [0.15, 0.2) is 127 Å². The number of benzene rings is 3. The fourth-order valence-electron chi connectivity index (χ4n) is 16.6. The number of pyridine rings is 3. The topological polar surface area (TPSA) is 304 Å². The smallest absolute Gasteiger partial charge is 0.452 e. The molecule has 26 nitrogen and oxygen atoms in total. The normalized spacial score (nSPS) is 23.0. The predicted molar refractivity (Wildman–Crippen MR) is 527 cm³/mol. The van der Waals surface area contributed by atoms with Gasteiger partial charge < -0.3 is 57.3 Å². The van der Waals surface area contributed by atoms with Gasteiger partial charge in [-0.3, -0.25) is 21.8 Å². The maximum absolute atomic E-state index is 15.6. The average Bonchev–Trinajstić information content (AvgIpc) is 1.65. The van der Waals surface area contributed by atoms with Gasteiger partial charge in [-0.05, 0) is 165 Å². The number of hydrogen-bond acceptors (Lipinski definition) is 23. The maximum atomic E-state index is 15.6. The highest BCUT2D eigenvalue weighted by atomic mass is 79.9. The van der Waals surface area contributed by atoms with Crippen LogP contribution in [-0.4, -0.2) is 246 Å². The number of aliphatic hydroxyl groups is 1. The fourth-order valence-corrected chi connectivity index (χ4v) is 21.1. The Labute approximate surface area is 806 Å². The first-order valence-electron chi connectivity index (χ1n) is 46.0. The van der Waals surface area contributed by atoms with Gasteiger partial charge in [0.1, 0.15) is 47.8 Å². The summed E-state index contributed by atoms with van der Waals surface area (Å²) in [5, 5.41) is 9.06. The number of alkyl halides is 6. The number of allylic oxidation sites excluding steroid dienone is 3. The molecule has 137 heavy (non-hydrogen) atoms. The molecule has 0 saturated carbocycles. The van der Waals surface area contributed by atoms with Gasteiger partial charge in [-0.1, -0.05) is 144 Å². The lowest BCUT2D eigenvalue weighted by atomic mass is 9.78. The standard InChI is InChI=1S/C32H43F3N4O4SSi.C25H27F3N4O4S.C20H30BNO3S.C18H25BrF3N3O3Si/c1-7-27-32(34,35)28(19-42-27)43-31-37-30-26(39(31)20-41-16-17-45(4,5)6)18-25(33)29(36-30)23-10-8-21(9-11-23)22-12-14-24(15-13-22)38-44(2,3)40;1-37(2,34)32-17-9-7-15(8-10-17)14-3-5-16(6-4-14)22-18(26)11-19-23(30-22)31-24(29-19)36-21-13-35-20(12-33)25(21,27)28;1-19(2)20(3,4)25-21(24-19)17-11-7-15(8-12-17)16-9-13-18(14-10-16)22-26(5,6)23;1-5-13-18(21,22)14(9-27-13)28-17-24-16-12(8-11(20)15(19)23-16)25(17)10-26-6-7-29(2,3)4/h8-12,18,24,27-28H,7,13-17,19-20H2,1-6H3;3-7,11,17,20-21,33H,8-10,12-13H2,1-2H3,(H,29,30,31);7-9,11-12,18H,10,13-14H2,1-6H3;8,13-14H,5-7,9-10H2,1-4H3/t24?,27-,28-;17?,20-,21-;;13-,14-/m11.1/s1. The van der Waals surface area contributed by atoms with Crippen molar-refractivity contribution in [3.63, 3.8) is 0 Å². The monoisotopic (exact) mass is 2070 g/mol.